The minimum absolute atomic E-state index is 0.256. The second-order valence-electron chi connectivity index (χ2n) is 3.45. The van der Waals surface area contributed by atoms with E-state index < -0.39 is 0 Å². The van der Waals surface area contributed by atoms with Gasteiger partial charge in [-0.3, -0.25) is 4.79 Å². The fourth-order valence-corrected chi connectivity index (χ4v) is 1.10. The summed E-state index contributed by atoms with van der Waals surface area (Å²) in [6.45, 7) is 10.2. The highest BCUT2D eigenvalue weighted by Crippen LogP contribution is 2.05. The second-order valence-corrected chi connectivity index (χ2v) is 3.45. The molecule has 0 N–H and O–H groups in total. The summed E-state index contributed by atoms with van der Waals surface area (Å²) in [7, 11) is 3.63. The van der Waals surface area contributed by atoms with Crippen molar-refractivity contribution in [2.24, 2.45) is 0 Å². The van der Waals surface area contributed by atoms with Gasteiger partial charge in [0.25, 0.3) is 0 Å². The highest BCUT2D eigenvalue weighted by atomic mass is 16.2. The molecule has 2 nitrogen and oxygen atoms in total. The molecule has 2 heteroatoms. The van der Waals surface area contributed by atoms with Gasteiger partial charge < -0.3 is 4.90 Å². The van der Waals surface area contributed by atoms with E-state index in [1.807, 2.05) is 41.8 Å². The summed E-state index contributed by atoms with van der Waals surface area (Å²) >= 11 is 0. The fraction of sp³-hybridized carbons (Fsp3) is 0.929. The van der Waals surface area contributed by atoms with Gasteiger partial charge in [-0.05, 0) is 6.42 Å². The Balaban J connectivity index is -0.000000376. The smallest absolute Gasteiger partial charge is 0.222 e. The van der Waals surface area contributed by atoms with Crippen LogP contribution < -0.4 is 0 Å². The minimum atomic E-state index is 0.256. The molecule has 0 radical (unpaired) electrons. The van der Waals surface area contributed by atoms with E-state index in [0.29, 0.717) is 0 Å². The van der Waals surface area contributed by atoms with Crippen LogP contribution in [0.25, 0.3) is 0 Å². The maximum Gasteiger partial charge on any atom is 0.222 e. The number of amides is 1. The highest BCUT2D eigenvalue weighted by Gasteiger charge is 2.01. The second kappa shape index (κ2) is 20.0. The zero-order chi connectivity index (χ0) is 13.4. The molecule has 100 valence electrons. The molecular weight excluding hydrogens is 198 g/mol. The van der Waals surface area contributed by atoms with E-state index >= 15 is 0 Å². The van der Waals surface area contributed by atoms with Crippen molar-refractivity contribution >= 4 is 5.91 Å². The first-order valence-electron chi connectivity index (χ1n) is 6.88. The summed E-state index contributed by atoms with van der Waals surface area (Å²) in [4.78, 5) is 12.8. The Morgan fingerprint density at radius 1 is 0.875 bits per heavy atom. The lowest BCUT2D eigenvalue weighted by Gasteiger charge is -2.09. The number of rotatable bonds is 6. The van der Waals surface area contributed by atoms with Crippen LogP contribution in [0.1, 0.15) is 73.1 Å². The van der Waals surface area contributed by atoms with Crippen LogP contribution in [-0.4, -0.2) is 24.9 Å². The summed E-state index contributed by atoms with van der Waals surface area (Å²) < 4.78 is 0. The monoisotopic (exact) mass is 231 g/mol. The van der Waals surface area contributed by atoms with Gasteiger partial charge in [0.05, 0.1) is 0 Å². The van der Waals surface area contributed by atoms with E-state index in [2.05, 4.69) is 6.92 Å². The summed E-state index contributed by atoms with van der Waals surface area (Å²) in [5, 5.41) is 0. The van der Waals surface area contributed by atoms with Crippen LogP contribution in [0, 0.1) is 0 Å². The highest BCUT2D eigenvalue weighted by molar-refractivity contribution is 5.75. The molecule has 0 saturated carbocycles. The molecule has 0 unspecified atom stereocenters. The van der Waals surface area contributed by atoms with Crippen LogP contribution in [0.5, 0.6) is 0 Å². The van der Waals surface area contributed by atoms with Gasteiger partial charge in [-0.1, -0.05) is 60.3 Å². The third-order valence-corrected chi connectivity index (χ3v) is 1.99. The third-order valence-electron chi connectivity index (χ3n) is 1.99. The lowest BCUT2D eigenvalue weighted by Crippen LogP contribution is -2.20. The lowest BCUT2D eigenvalue weighted by atomic mass is 10.1. The number of carbonyl (C=O) groups is 1. The van der Waals surface area contributed by atoms with Gasteiger partial charge in [-0.25, -0.2) is 0 Å². The van der Waals surface area contributed by atoms with Crippen molar-refractivity contribution in [2.75, 3.05) is 14.1 Å². The van der Waals surface area contributed by atoms with Crippen LogP contribution in [0.2, 0.25) is 0 Å². The molecule has 0 rings (SSSR count). The van der Waals surface area contributed by atoms with Gasteiger partial charge in [-0.2, -0.15) is 0 Å². The normalized spacial score (nSPS) is 8.19. The average molecular weight is 231 g/mol. The van der Waals surface area contributed by atoms with Crippen molar-refractivity contribution in [2.45, 2.75) is 73.1 Å². The first kappa shape index (κ1) is 20.8. The molecule has 0 spiro atoms. The number of nitrogens with zero attached hydrogens (tertiary/aromatic N) is 1. The predicted molar refractivity (Wildman–Crippen MR) is 74.8 cm³/mol. The molecule has 0 aromatic carbocycles. The number of hydrogen-bond donors (Lipinski definition) is 0. The number of unbranched alkanes of at least 4 members (excludes halogenated alkanes) is 4. The SMILES string of the molecule is CC.CC.CCCCCCCC(=O)N(C)C. The molecule has 0 bridgehead atoms. The maximum atomic E-state index is 11.1. The quantitative estimate of drug-likeness (QED) is 0.617. The number of carbonyl (C=O) groups excluding carboxylic acids is 1. The van der Waals surface area contributed by atoms with Gasteiger partial charge in [0.2, 0.25) is 5.91 Å². The first-order valence-corrected chi connectivity index (χ1v) is 6.88. The Morgan fingerprint density at radius 3 is 1.69 bits per heavy atom. The summed E-state index contributed by atoms with van der Waals surface area (Å²) in [5.74, 6) is 0.256. The summed E-state index contributed by atoms with van der Waals surface area (Å²) in [6, 6.07) is 0. The van der Waals surface area contributed by atoms with Crippen molar-refractivity contribution in [3.8, 4) is 0 Å². The maximum absolute atomic E-state index is 11.1. The topological polar surface area (TPSA) is 20.3 Å². The lowest BCUT2D eigenvalue weighted by molar-refractivity contribution is -0.128. The van der Waals surface area contributed by atoms with Gasteiger partial charge in [0.1, 0.15) is 0 Å². The Kier molecular flexibility index (Phi) is 26.0. The summed E-state index contributed by atoms with van der Waals surface area (Å²) in [6.07, 6.45) is 6.82. The van der Waals surface area contributed by atoms with Gasteiger partial charge in [0.15, 0.2) is 0 Å². The Bertz CT molecular complexity index is 122. The molecule has 16 heavy (non-hydrogen) atoms. The molecule has 1 amide bonds. The molecule has 0 aromatic rings. The van der Waals surface area contributed by atoms with E-state index in [1.165, 1.54) is 25.7 Å². The van der Waals surface area contributed by atoms with E-state index in [4.69, 9.17) is 0 Å². The zero-order valence-corrected chi connectivity index (χ0v) is 12.6. The van der Waals surface area contributed by atoms with E-state index in [1.54, 1.807) is 4.90 Å². The van der Waals surface area contributed by atoms with Crippen LogP contribution in [0.3, 0.4) is 0 Å². The molecule has 0 aliphatic heterocycles. The van der Waals surface area contributed by atoms with Crippen LogP contribution in [-0.2, 0) is 4.79 Å². The van der Waals surface area contributed by atoms with E-state index in [-0.39, 0.29) is 5.91 Å². The largest absolute Gasteiger partial charge is 0.349 e. The molecule has 0 aliphatic rings. The molecule has 0 atom stereocenters. The van der Waals surface area contributed by atoms with E-state index in [0.717, 1.165) is 12.8 Å². The van der Waals surface area contributed by atoms with Crippen molar-refractivity contribution in [1.29, 1.82) is 0 Å². The summed E-state index contributed by atoms with van der Waals surface area (Å²) in [5.41, 5.74) is 0. The Labute approximate surface area is 103 Å². The molecular formula is C14H33NO. The van der Waals surface area contributed by atoms with Crippen LogP contribution >= 0.6 is 0 Å². The average Bonchev–Trinajstić information content (AvgIpc) is 2.33. The molecule has 0 aliphatic carbocycles. The van der Waals surface area contributed by atoms with E-state index in [9.17, 15) is 4.79 Å². The molecule has 0 heterocycles. The third kappa shape index (κ3) is 19.1. The van der Waals surface area contributed by atoms with Crippen molar-refractivity contribution in [1.82, 2.24) is 4.90 Å². The molecule has 0 aromatic heterocycles. The number of hydrogen-bond acceptors (Lipinski definition) is 1. The van der Waals surface area contributed by atoms with Crippen LogP contribution in [0.4, 0.5) is 0 Å². The minimum Gasteiger partial charge on any atom is -0.349 e. The van der Waals surface area contributed by atoms with Crippen molar-refractivity contribution in [3.05, 3.63) is 0 Å². The van der Waals surface area contributed by atoms with Gasteiger partial charge in [0, 0.05) is 20.5 Å². The van der Waals surface area contributed by atoms with Crippen molar-refractivity contribution in [3.63, 3.8) is 0 Å². The predicted octanol–water partition coefficient (Wildman–Crippen LogP) is 4.49. The Hall–Kier alpha value is -0.530. The fourth-order valence-electron chi connectivity index (χ4n) is 1.10. The van der Waals surface area contributed by atoms with Crippen molar-refractivity contribution < 1.29 is 4.79 Å². The Morgan fingerprint density at radius 2 is 1.31 bits per heavy atom. The van der Waals surface area contributed by atoms with Gasteiger partial charge in [-0.15, -0.1) is 0 Å². The molecule has 0 fully saturated rings. The zero-order valence-electron chi connectivity index (χ0n) is 12.6. The standard InChI is InChI=1S/C10H21NO.2C2H6/c1-4-5-6-7-8-9-10(12)11(2)3;2*1-2/h4-9H2,1-3H3;2*1-2H3. The van der Waals surface area contributed by atoms with Gasteiger partial charge >= 0.3 is 0 Å². The first-order chi connectivity index (χ1) is 7.68. The van der Waals surface area contributed by atoms with Crippen LogP contribution in [0.15, 0.2) is 0 Å². The molecule has 0 saturated heterocycles.